The quantitative estimate of drug-likeness (QED) is 0.193. The summed E-state index contributed by atoms with van der Waals surface area (Å²) in [6.07, 6.45) is 0. The molecule has 0 aliphatic carbocycles. The lowest BCUT2D eigenvalue weighted by atomic mass is 9.98. The first-order valence-corrected chi connectivity index (χ1v) is 14.5. The number of benzene rings is 6. The van der Waals surface area contributed by atoms with E-state index in [2.05, 4.69) is 0 Å². The van der Waals surface area contributed by atoms with E-state index in [4.69, 9.17) is 9.97 Å². The molecule has 0 aliphatic heterocycles. The molecule has 0 fully saturated rings. The Morgan fingerprint density at radius 1 is 0.289 bits per heavy atom. The molecule has 0 aliphatic rings. The molecule has 1 heterocycles. The molecule has 0 radical (unpaired) electrons. The molecule has 0 saturated heterocycles. The van der Waals surface area contributed by atoms with E-state index in [0.29, 0.717) is 17.2 Å². The molecular weight excluding hydrogens is 565 g/mol. The zero-order valence-electron chi connectivity index (χ0n) is 24.0. The zero-order chi connectivity index (χ0) is 30.8. The fourth-order valence-corrected chi connectivity index (χ4v) is 5.43. The molecule has 0 atom stereocenters. The maximum absolute atomic E-state index is 14.1. The summed E-state index contributed by atoms with van der Waals surface area (Å²) in [6.45, 7) is 0. The van der Waals surface area contributed by atoms with Gasteiger partial charge in [-0.2, -0.15) is 0 Å². The van der Waals surface area contributed by atoms with E-state index in [9.17, 15) is 13.2 Å². The Morgan fingerprint density at radius 3 is 0.956 bits per heavy atom. The van der Waals surface area contributed by atoms with Crippen LogP contribution in [0.3, 0.4) is 0 Å². The van der Waals surface area contributed by atoms with Gasteiger partial charge in [0.25, 0.3) is 0 Å². The van der Waals surface area contributed by atoms with Crippen LogP contribution in [0.15, 0.2) is 152 Å². The van der Waals surface area contributed by atoms with Crippen LogP contribution in [0.5, 0.6) is 0 Å². The maximum Gasteiger partial charge on any atom is 0.160 e. The normalized spacial score (nSPS) is 11.0. The van der Waals surface area contributed by atoms with Crippen LogP contribution >= 0.6 is 0 Å². The van der Waals surface area contributed by atoms with Crippen LogP contribution in [0.25, 0.3) is 67.3 Å². The second-order valence-corrected chi connectivity index (χ2v) is 10.7. The van der Waals surface area contributed by atoms with Gasteiger partial charge in [0.2, 0.25) is 0 Å². The van der Waals surface area contributed by atoms with E-state index in [0.717, 1.165) is 50.1 Å². The highest BCUT2D eigenvalue weighted by Gasteiger charge is 2.14. The molecule has 0 spiro atoms. The Labute approximate surface area is 259 Å². The molecule has 2 nitrogen and oxygen atoms in total. The van der Waals surface area contributed by atoms with Crippen LogP contribution < -0.4 is 0 Å². The summed E-state index contributed by atoms with van der Waals surface area (Å²) in [5.41, 5.74) is 8.62. The Hall–Kier alpha value is -5.81. The van der Waals surface area contributed by atoms with E-state index >= 15 is 0 Å². The predicted octanol–water partition coefficient (Wildman–Crippen LogP) is 10.9. The van der Waals surface area contributed by atoms with Crippen molar-refractivity contribution in [2.24, 2.45) is 0 Å². The van der Waals surface area contributed by atoms with Crippen molar-refractivity contribution in [3.05, 3.63) is 169 Å². The smallest absolute Gasteiger partial charge is 0.160 e. The summed E-state index contributed by atoms with van der Waals surface area (Å²) < 4.78 is 42.1. The number of aromatic nitrogens is 2. The SMILES string of the molecule is Fc1cccc(-c2cccc(-c3cc(-c4cccc(-c5cccc(F)c5)c4)nc(-c4cccc(-c5cccc(F)c5)c4)n3)c2)c1. The largest absolute Gasteiger partial charge is 0.228 e. The monoisotopic (exact) mass is 590 g/mol. The van der Waals surface area contributed by atoms with Gasteiger partial charge in [0.05, 0.1) is 11.4 Å². The molecule has 216 valence electrons. The summed E-state index contributed by atoms with van der Waals surface area (Å²) in [7, 11) is 0. The fraction of sp³-hybridized carbons (Fsp3) is 0. The minimum Gasteiger partial charge on any atom is -0.228 e. The van der Waals surface area contributed by atoms with Gasteiger partial charge < -0.3 is 0 Å². The third-order valence-corrected chi connectivity index (χ3v) is 7.64. The summed E-state index contributed by atoms with van der Waals surface area (Å²) >= 11 is 0. The molecule has 7 rings (SSSR count). The van der Waals surface area contributed by atoms with Gasteiger partial charge in [-0.05, 0) is 94.0 Å². The molecule has 0 amide bonds. The molecule has 1 aromatic heterocycles. The van der Waals surface area contributed by atoms with Crippen molar-refractivity contribution >= 4 is 0 Å². The highest BCUT2D eigenvalue weighted by molar-refractivity contribution is 5.79. The highest BCUT2D eigenvalue weighted by Crippen LogP contribution is 2.33. The molecule has 0 saturated carbocycles. The van der Waals surface area contributed by atoms with Gasteiger partial charge in [0, 0.05) is 16.7 Å². The van der Waals surface area contributed by atoms with E-state index in [1.807, 2.05) is 97.1 Å². The molecule has 7 aromatic rings. The average Bonchev–Trinajstić information content (AvgIpc) is 3.08. The van der Waals surface area contributed by atoms with Crippen LogP contribution in [-0.4, -0.2) is 9.97 Å². The Balaban J connectivity index is 1.38. The van der Waals surface area contributed by atoms with Gasteiger partial charge in [-0.3, -0.25) is 0 Å². The first kappa shape index (κ1) is 28.0. The van der Waals surface area contributed by atoms with E-state index in [1.165, 1.54) is 36.4 Å². The van der Waals surface area contributed by atoms with Gasteiger partial charge in [0.15, 0.2) is 5.82 Å². The summed E-state index contributed by atoms with van der Waals surface area (Å²) in [5.74, 6) is -0.426. The lowest BCUT2D eigenvalue weighted by Gasteiger charge is -2.12. The number of rotatable bonds is 6. The Morgan fingerprint density at radius 2 is 0.578 bits per heavy atom. The summed E-state index contributed by atoms with van der Waals surface area (Å²) in [4.78, 5) is 9.97. The zero-order valence-corrected chi connectivity index (χ0v) is 24.0. The molecule has 0 bridgehead atoms. The minimum atomic E-state index is -0.310. The summed E-state index contributed by atoms with van der Waals surface area (Å²) in [6, 6.07) is 44.7. The lowest BCUT2D eigenvalue weighted by Crippen LogP contribution is -1.97. The number of hydrogen-bond acceptors (Lipinski definition) is 2. The molecule has 6 aromatic carbocycles. The highest BCUT2D eigenvalue weighted by atomic mass is 19.1. The molecular formula is C40H25F3N2. The topological polar surface area (TPSA) is 25.8 Å². The number of nitrogens with zero attached hydrogens (tertiary/aromatic N) is 2. The van der Waals surface area contributed by atoms with Gasteiger partial charge in [-0.1, -0.05) is 91.0 Å². The van der Waals surface area contributed by atoms with Crippen molar-refractivity contribution in [3.63, 3.8) is 0 Å². The minimum absolute atomic E-state index is 0.305. The predicted molar refractivity (Wildman–Crippen MR) is 175 cm³/mol. The van der Waals surface area contributed by atoms with Crippen LogP contribution in [0.4, 0.5) is 13.2 Å². The first-order chi connectivity index (χ1) is 22.0. The van der Waals surface area contributed by atoms with Crippen molar-refractivity contribution in [2.45, 2.75) is 0 Å². The van der Waals surface area contributed by atoms with E-state index < -0.39 is 0 Å². The van der Waals surface area contributed by atoms with Gasteiger partial charge >= 0.3 is 0 Å². The van der Waals surface area contributed by atoms with Crippen LogP contribution in [0, 0.1) is 17.5 Å². The molecule has 45 heavy (non-hydrogen) atoms. The first-order valence-electron chi connectivity index (χ1n) is 14.5. The molecule has 0 N–H and O–H groups in total. The Bertz CT molecular complexity index is 1920. The average molecular weight is 591 g/mol. The standard InChI is InChI=1S/C40H25F3N2/c41-35-16-4-10-29(22-35)26-7-1-13-32(19-26)38-25-39(33-14-2-8-27(20-33)30-11-5-17-36(42)23-30)45-40(44-38)34-15-3-9-28(21-34)31-12-6-18-37(43)24-31/h1-25H. The number of hydrogen-bond donors (Lipinski definition) is 0. The van der Waals surface area contributed by atoms with Gasteiger partial charge in [-0.25, -0.2) is 23.1 Å². The molecule has 5 heteroatoms. The Kier molecular flexibility index (Phi) is 7.50. The van der Waals surface area contributed by atoms with Crippen LogP contribution in [-0.2, 0) is 0 Å². The third-order valence-electron chi connectivity index (χ3n) is 7.64. The second-order valence-electron chi connectivity index (χ2n) is 10.7. The van der Waals surface area contributed by atoms with Crippen molar-refractivity contribution in [3.8, 4) is 67.3 Å². The van der Waals surface area contributed by atoms with E-state index in [1.54, 1.807) is 18.2 Å². The second kappa shape index (κ2) is 12.1. The van der Waals surface area contributed by atoms with Gasteiger partial charge in [-0.15, -0.1) is 0 Å². The fourth-order valence-electron chi connectivity index (χ4n) is 5.43. The maximum atomic E-state index is 14.1. The third kappa shape index (κ3) is 6.15. The van der Waals surface area contributed by atoms with Crippen molar-refractivity contribution in [1.82, 2.24) is 9.97 Å². The van der Waals surface area contributed by atoms with E-state index in [-0.39, 0.29) is 17.5 Å². The van der Waals surface area contributed by atoms with Crippen molar-refractivity contribution in [1.29, 1.82) is 0 Å². The van der Waals surface area contributed by atoms with Crippen molar-refractivity contribution in [2.75, 3.05) is 0 Å². The number of halogens is 3. The van der Waals surface area contributed by atoms with Crippen molar-refractivity contribution < 1.29 is 13.2 Å². The lowest BCUT2D eigenvalue weighted by molar-refractivity contribution is 0.628. The molecule has 0 unspecified atom stereocenters. The summed E-state index contributed by atoms with van der Waals surface area (Å²) in [5, 5.41) is 0. The van der Waals surface area contributed by atoms with Crippen LogP contribution in [0.1, 0.15) is 0 Å². The van der Waals surface area contributed by atoms with Crippen LogP contribution in [0.2, 0.25) is 0 Å². The van der Waals surface area contributed by atoms with Gasteiger partial charge in [0.1, 0.15) is 17.5 Å².